The van der Waals surface area contributed by atoms with Crippen LogP contribution in [0.1, 0.15) is 5.56 Å². The molecule has 1 fully saturated rings. The number of hydrogen-bond donors (Lipinski definition) is 1. The summed E-state index contributed by atoms with van der Waals surface area (Å²) in [5, 5.41) is 3.93. The van der Waals surface area contributed by atoms with Gasteiger partial charge in [-0.25, -0.2) is 0 Å². The third-order valence-corrected chi connectivity index (χ3v) is 5.90. The van der Waals surface area contributed by atoms with Gasteiger partial charge in [-0.15, -0.1) is 0 Å². The number of ether oxygens (including phenoxy) is 1. The van der Waals surface area contributed by atoms with Crippen LogP contribution in [-0.2, 0) is 20.7 Å². The maximum Gasteiger partial charge on any atom is 0.244 e. The number of rotatable bonds is 4. The first-order valence-electron chi connectivity index (χ1n) is 10.6. The zero-order valence-corrected chi connectivity index (χ0v) is 17.3. The number of amides is 2. The first kappa shape index (κ1) is 19.8. The molecule has 2 aromatic carbocycles. The Morgan fingerprint density at radius 2 is 2.06 bits per heavy atom. The number of para-hydroxylation sites is 2. The lowest BCUT2D eigenvalue weighted by Gasteiger charge is -2.31. The van der Waals surface area contributed by atoms with Crippen molar-refractivity contribution in [2.24, 2.45) is 5.92 Å². The molecule has 1 saturated heterocycles. The first-order valence-corrected chi connectivity index (χ1v) is 10.6. The van der Waals surface area contributed by atoms with Crippen LogP contribution in [0.4, 0.5) is 11.4 Å². The Bertz CT molecular complexity index is 1110. The summed E-state index contributed by atoms with van der Waals surface area (Å²) >= 11 is 0. The normalized spacial score (nSPS) is 19.7. The van der Waals surface area contributed by atoms with Crippen molar-refractivity contribution < 1.29 is 18.7 Å². The van der Waals surface area contributed by atoms with Crippen LogP contribution < -0.4 is 10.2 Å². The maximum absolute atomic E-state index is 13.1. The number of benzene rings is 2. The molecule has 3 aromatic rings. The molecule has 5 rings (SSSR count). The van der Waals surface area contributed by atoms with Gasteiger partial charge in [0.1, 0.15) is 12.1 Å². The molecule has 7 nitrogen and oxygen atoms in total. The Balaban J connectivity index is 1.26. The van der Waals surface area contributed by atoms with Gasteiger partial charge in [-0.05, 0) is 42.2 Å². The monoisotopic (exact) mass is 419 g/mol. The average Bonchev–Trinajstić information content (AvgIpc) is 3.12. The number of anilines is 2. The predicted molar refractivity (Wildman–Crippen MR) is 118 cm³/mol. The third-order valence-electron chi connectivity index (χ3n) is 5.90. The zero-order chi connectivity index (χ0) is 21.2. The molecular weight excluding hydrogens is 394 g/mol. The summed E-state index contributed by atoms with van der Waals surface area (Å²) in [6.45, 7) is 3.03. The van der Waals surface area contributed by atoms with E-state index in [2.05, 4.69) is 28.4 Å². The predicted octanol–water partition coefficient (Wildman–Crippen LogP) is 2.91. The van der Waals surface area contributed by atoms with E-state index in [0.29, 0.717) is 25.4 Å². The number of hydrogen-bond acceptors (Lipinski definition) is 5. The standard InChI is InChI=1S/C24H25N3O4/c28-23-14-27(21-4-2-1-3-20(21)25-23)24(29)15-26-8-10-30-16-18(13-26)11-17-5-6-19-7-9-31-22(19)12-17/h1-7,9,12,18H,8,10-11,13-16H2,(H,25,28). The van der Waals surface area contributed by atoms with Gasteiger partial charge in [0.15, 0.2) is 0 Å². The maximum atomic E-state index is 13.1. The van der Waals surface area contributed by atoms with Gasteiger partial charge in [0.2, 0.25) is 11.8 Å². The van der Waals surface area contributed by atoms with E-state index in [9.17, 15) is 9.59 Å². The second-order valence-electron chi connectivity index (χ2n) is 8.22. The Hall–Kier alpha value is -3.16. The lowest BCUT2D eigenvalue weighted by molar-refractivity contribution is -0.122. The van der Waals surface area contributed by atoms with Crippen LogP contribution in [0.3, 0.4) is 0 Å². The fourth-order valence-electron chi connectivity index (χ4n) is 4.41. The number of carbonyl (C=O) groups excluding carboxylic acids is 2. The SMILES string of the molecule is O=C1CN(C(=O)CN2CCOCC(Cc3ccc4ccoc4c3)C2)c2ccccc2N1. The van der Waals surface area contributed by atoms with E-state index in [-0.39, 0.29) is 30.8 Å². The molecular formula is C24H25N3O4. The van der Waals surface area contributed by atoms with Gasteiger partial charge in [0.05, 0.1) is 37.4 Å². The largest absolute Gasteiger partial charge is 0.464 e. The van der Waals surface area contributed by atoms with Gasteiger partial charge >= 0.3 is 0 Å². The molecule has 160 valence electrons. The van der Waals surface area contributed by atoms with Gasteiger partial charge in [-0.1, -0.05) is 24.3 Å². The van der Waals surface area contributed by atoms with Crippen molar-refractivity contribution in [3.05, 3.63) is 60.4 Å². The van der Waals surface area contributed by atoms with E-state index in [0.717, 1.165) is 29.6 Å². The van der Waals surface area contributed by atoms with Crippen molar-refractivity contribution in [2.75, 3.05) is 49.6 Å². The second kappa shape index (κ2) is 8.53. The highest BCUT2D eigenvalue weighted by Crippen LogP contribution is 2.29. The molecule has 7 heteroatoms. The molecule has 1 N–H and O–H groups in total. The quantitative estimate of drug-likeness (QED) is 0.704. The van der Waals surface area contributed by atoms with Crippen LogP contribution in [0.15, 0.2) is 59.2 Å². The average molecular weight is 419 g/mol. The van der Waals surface area contributed by atoms with E-state index >= 15 is 0 Å². The lowest BCUT2D eigenvalue weighted by atomic mass is 9.99. The molecule has 3 heterocycles. The second-order valence-corrected chi connectivity index (χ2v) is 8.22. The Kier molecular flexibility index (Phi) is 5.44. The summed E-state index contributed by atoms with van der Waals surface area (Å²) < 4.78 is 11.4. The summed E-state index contributed by atoms with van der Waals surface area (Å²) in [5.74, 6) is 0.0389. The van der Waals surface area contributed by atoms with Crippen LogP contribution in [0.5, 0.6) is 0 Å². The smallest absolute Gasteiger partial charge is 0.244 e. The van der Waals surface area contributed by atoms with Crippen LogP contribution >= 0.6 is 0 Å². The fourth-order valence-corrected chi connectivity index (χ4v) is 4.41. The number of carbonyl (C=O) groups is 2. The molecule has 1 unspecified atom stereocenters. The van der Waals surface area contributed by atoms with Crippen LogP contribution in [0.25, 0.3) is 11.0 Å². The third kappa shape index (κ3) is 4.33. The first-order chi connectivity index (χ1) is 15.2. The number of fused-ring (bicyclic) bond motifs is 2. The lowest BCUT2D eigenvalue weighted by Crippen LogP contribution is -2.47. The molecule has 2 amide bonds. The highest BCUT2D eigenvalue weighted by molar-refractivity contribution is 6.10. The number of nitrogens with one attached hydrogen (secondary N) is 1. The van der Waals surface area contributed by atoms with Crippen LogP contribution in [0, 0.1) is 5.92 Å². The van der Waals surface area contributed by atoms with E-state index in [1.807, 2.05) is 30.3 Å². The minimum absolute atomic E-state index is 0.0484. The molecule has 0 bridgehead atoms. The van der Waals surface area contributed by atoms with Crippen molar-refractivity contribution in [1.29, 1.82) is 0 Å². The summed E-state index contributed by atoms with van der Waals surface area (Å²) in [7, 11) is 0. The van der Waals surface area contributed by atoms with Crippen molar-refractivity contribution in [3.63, 3.8) is 0 Å². The Morgan fingerprint density at radius 3 is 3.00 bits per heavy atom. The van der Waals surface area contributed by atoms with Gasteiger partial charge in [0.25, 0.3) is 0 Å². The number of furan rings is 1. The molecule has 1 aromatic heterocycles. The fraction of sp³-hybridized carbons (Fsp3) is 0.333. The van der Waals surface area contributed by atoms with Crippen LogP contribution in [0.2, 0.25) is 0 Å². The summed E-state index contributed by atoms with van der Waals surface area (Å²) in [6.07, 6.45) is 2.56. The molecule has 1 atom stereocenters. The van der Waals surface area contributed by atoms with Crippen molar-refractivity contribution >= 4 is 34.2 Å². The zero-order valence-electron chi connectivity index (χ0n) is 17.3. The topological polar surface area (TPSA) is 75.0 Å². The molecule has 2 aliphatic heterocycles. The molecule has 31 heavy (non-hydrogen) atoms. The van der Waals surface area contributed by atoms with Crippen molar-refractivity contribution in [2.45, 2.75) is 6.42 Å². The molecule has 2 aliphatic rings. The highest BCUT2D eigenvalue weighted by Gasteiger charge is 2.29. The highest BCUT2D eigenvalue weighted by atomic mass is 16.5. The van der Waals surface area contributed by atoms with Crippen molar-refractivity contribution in [1.82, 2.24) is 4.90 Å². The Morgan fingerprint density at radius 1 is 1.16 bits per heavy atom. The summed E-state index contributed by atoms with van der Waals surface area (Å²) in [6, 6.07) is 15.7. The number of nitrogens with zero attached hydrogens (tertiary/aromatic N) is 2. The van der Waals surface area contributed by atoms with E-state index in [4.69, 9.17) is 9.15 Å². The van der Waals surface area contributed by atoms with Gasteiger partial charge < -0.3 is 14.5 Å². The van der Waals surface area contributed by atoms with Crippen LogP contribution in [-0.4, -0.2) is 56.1 Å². The molecule has 0 spiro atoms. The molecule has 0 aliphatic carbocycles. The summed E-state index contributed by atoms with van der Waals surface area (Å²) in [5.41, 5.74) is 3.52. The van der Waals surface area contributed by atoms with Crippen molar-refractivity contribution in [3.8, 4) is 0 Å². The van der Waals surface area contributed by atoms with Gasteiger partial charge in [-0.2, -0.15) is 0 Å². The van der Waals surface area contributed by atoms with E-state index in [1.165, 1.54) is 5.56 Å². The summed E-state index contributed by atoms with van der Waals surface area (Å²) in [4.78, 5) is 28.9. The minimum Gasteiger partial charge on any atom is -0.464 e. The Labute approximate surface area is 180 Å². The molecule has 0 saturated carbocycles. The van der Waals surface area contributed by atoms with E-state index in [1.54, 1.807) is 11.2 Å². The van der Waals surface area contributed by atoms with Gasteiger partial charge in [0, 0.05) is 18.5 Å². The van der Waals surface area contributed by atoms with E-state index < -0.39 is 0 Å². The molecule has 0 radical (unpaired) electrons. The minimum atomic E-state index is -0.169. The van der Waals surface area contributed by atoms with Gasteiger partial charge in [-0.3, -0.25) is 19.4 Å².